The maximum atomic E-state index is 5.95. The Balaban J connectivity index is 1.91. The van der Waals surface area contributed by atoms with Crippen molar-refractivity contribution < 1.29 is 9.47 Å². The molecule has 0 aromatic heterocycles. The second-order valence-corrected chi connectivity index (χ2v) is 6.12. The molecule has 1 atom stereocenters. The molecule has 1 fully saturated rings. The summed E-state index contributed by atoms with van der Waals surface area (Å²) in [7, 11) is 1.67. The molecule has 0 saturated carbocycles. The molecule has 100 valence electrons. The van der Waals surface area contributed by atoms with Crippen molar-refractivity contribution >= 4 is 21.6 Å². The Morgan fingerprint density at radius 1 is 1.50 bits per heavy atom. The lowest BCUT2D eigenvalue weighted by molar-refractivity contribution is -0.00911. The number of methoxy groups -OCH3 is 1. The summed E-state index contributed by atoms with van der Waals surface area (Å²) in [5, 5.41) is 3.40. The van der Waals surface area contributed by atoms with Crippen molar-refractivity contribution in [3.8, 4) is 5.75 Å². The lowest BCUT2D eigenvalue weighted by atomic mass is 10.1. The van der Waals surface area contributed by atoms with Gasteiger partial charge in [-0.05, 0) is 54.8 Å². The zero-order valence-electron chi connectivity index (χ0n) is 11.1. The van der Waals surface area contributed by atoms with Crippen LogP contribution in [0.25, 0.3) is 0 Å². The highest BCUT2D eigenvalue weighted by molar-refractivity contribution is 9.10. The van der Waals surface area contributed by atoms with Gasteiger partial charge in [0.05, 0.1) is 23.3 Å². The summed E-state index contributed by atoms with van der Waals surface area (Å²) < 4.78 is 12.2. The maximum Gasteiger partial charge on any atom is 0.135 e. The van der Waals surface area contributed by atoms with E-state index in [2.05, 4.69) is 35.1 Å². The predicted octanol–water partition coefficient (Wildman–Crippen LogP) is 3.83. The van der Waals surface area contributed by atoms with Crippen molar-refractivity contribution in [2.45, 2.75) is 38.4 Å². The van der Waals surface area contributed by atoms with Crippen LogP contribution in [0, 0.1) is 0 Å². The largest absolute Gasteiger partial charge is 0.495 e. The van der Waals surface area contributed by atoms with Gasteiger partial charge in [-0.25, -0.2) is 0 Å². The molecule has 1 heterocycles. The van der Waals surface area contributed by atoms with Crippen LogP contribution in [-0.2, 0) is 4.74 Å². The average molecular weight is 314 g/mol. The first-order valence-corrected chi connectivity index (χ1v) is 7.05. The van der Waals surface area contributed by atoms with Gasteiger partial charge < -0.3 is 14.8 Å². The van der Waals surface area contributed by atoms with Crippen molar-refractivity contribution in [1.82, 2.24) is 0 Å². The SMILES string of the molecule is COc1cc(NCC2CCC(C)(C)O2)ccc1Br. The zero-order valence-corrected chi connectivity index (χ0v) is 12.7. The third-order valence-corrected chi connectivity index (χ3v) is 3.89. The third kappa shape index (κ3) is 3.39. The van der Waals surface area contributed by atoms with Crippen molar-refractivity contribution in [2.75, 3.05) is 19.0 Å². The van der Waals surface area contributed by atoms with Gasteiger partial charge >= 0.3 is 0 Å². The Morgan fingerprint density at radius 2 is 2.28 bits per heavy atom. The third-order valence-electron chi connectivity index (χ3n) is 3.24. The summed E-state index contributed by atoms with van der Waals surface area (Å²) in [5.41, 5.74) is 1.09. The second kappa shape index (κ2) is 5.49. The van der Waals surface area contributed by atoms with Gasteiger partial charge in [0.1, 0.15) is 5.75 Å². The molecule has 2 rings (SSSR count). The summed E-state index contributed by atoms with van der Waals surface area (Å²) in [6.45, 7) is 5.14. The Morgan fingerprint density at radius 3 is 2.89 bits per heavy atom. The summed E-state index contributed by atoms with van der Waals surface area (Å²) in [6.07, 6.45) is 2.55. The summed E-state index contributed by atoms with van der Waals surface area (Å²) >= 11 is 3.45. The van der Waals surface area contributed by atoms with E-state index in [0.29, 0.717) is 6.10 Å². The highest BCUT2D eigenvalue weighted by Gasteiger charge is 2.31. The van der Waals surface area contributed by atoms with Crippen molar-refractivity contribution in [2.24, 2.45) is 0 Å². The molecular formula is C14H20BrNO2. The molecule has 3 nitrogen and oxygen atoms in total. The monoisotopic (exact) mass is 313 g/mol. The fraction of sp³-hybridized carbons (Fsp3) is 0.571. The summed E-state index contributed by atoms with van der Waals surface area (Å²) in [5.74, 6) is 0.840. The molecule has 0 spiro atoms. The minimum atomic E-state index is 0.0315. The molecule has 0 bridgehead atoms. The van der Waals surface area contributed by atoms with E-state index in [9.17, 15) is 0 Å². The van der Waals surface area contributed by atoms with Crippen LogP contribution in [0.1, 0.15) is 26.7 Å². The number of rotatable bonds is 4. The molecule has 1 N–H and O–H groups in total. The molecule has 1 aromatic carbocycles. The lowest BCUT2D eigenvalue weighted by Gasteiger charge is -2.20. The van der Waals surface area contributed by atoms with Crippen molar-refractivity contribution in [1.29, 1.82) is 0 Å². The zero-order chi connectivity index (χ0) is 13.2. The maximum absolute atomic E-state index is 5.95. The molecule has 1 aliphatic heterocycles. The normalized spacial score (nSPS) is 21.9. The van der Waals surface area contributed by atoms with Crippen LogP contribution in [-0.4, -0.2) is 25.4 Å². The van der Waals surface area contributed by atoms with E-state index in [4.69, 9.17) is 9.47 Å². The van der Waals surface area contributed by atoms with Gasteiger partial charge in [0.15, 0.2) is 0 Å². The standard InChI is InChI=1S/C14H20BrNO2/c1-14(2)7-6-11(18-14)9-16-10-4-5-12(15)13(8-10)17-3/h4-5,8,11,16H,6-7,9H2,1-3H3. The molecule has 0 radical (unpaired) electrons. The molecule has 1 unspecified atom stereocenters. The fourth-order valence-electron chi connectivity index (χ4n) is 2.22. The molecule has 0 aliphatic carbocycles. The van der Waals surface area contributed by atoms with Crippen LogP contribution < -0.4 is 10.1 Å². The molecule has 0 amide bonds. The van der Waals surface area contributed by atoms with Crippen LogP contribution in [0.2, 0.25) is 0 Å². The Labute approximate surface area is 117 Å². The van der Waals surface area contributed by atoms with Gasteiger partial charge in [0, 0.05) is 18.3 Å². The lowest BCUT2D eigenvalue weighted by Crippen LogP contribution is -2.24. The predicted molar refractivity (Wildman–Crippen MR) is 77.4 cm³/mol. The molecule has 1 aliphatic rings. The van der Waals surface area contributed by atoms with Crippen molar-refractivity contribution in [3.05, 3.63) is 22.7 Å². The average Bonchev–Trinajstić information content (AvgIpc) is 2.68. The van der Waals surface area contributed by atoms with Gasteiger partial charge in [-0.2, -0.15) is 0 Å². The van der Waals surface area contributed by atoms with E-state index in [1.807, 2.05) is 18.2 Å². The van der Waals surface area contributed by atoms with E-state index in [0.717, 1.165) is 35.3 Å². The van der Waals surface area contributed by atoms with Crippen molar-refractivity contribution in [3.63, 3.8) is 0 Å². The number of hydrogen-bond donors (Lipinski definition) is 1. The minimum absolute atomic E-state index is 0.0315. The Kier molecular flexibility index (Phi) is 4.17. The molecule has 18 heavy (non-hydrogen) atoms. The molecule has 1 saturated heterocycles. The summed E-state index contributed by atoms with van der Waals surface area (Å²) in [6, 6.07) is 6.01. The number of anilines is 1. The number of hydrogen-bond acceptors (Lipinski definition) is 3. The topological polar surface area (TPSA) is 30.5 Å². The van der Waals surface area contributed by atoms with Gasteiger partial charge in [0.2, 0.25) is 0 Å². The van der Waals surface area contributed by atoms with Crippen LogP contribution in [0.4, 0.5) is 5.69 Å². The van der Waals surface area contributed by atoms with E-state index >= 15 is 0 Å². The Hall–Kier alpha value is -0.740. The fourth-order valence-corrected chi connectivity index (χ4v) is 2.63. The second-order valence-electron chi connectivity index (χ2n) is 5.27. The number of ether oxygens (including phenoxy) is 2. The first kappa shape index (κ1) is 13.7. The van der Waals surface area contributed by atoms with Gasteiger partial charge in [-0.3, -0.25) is 0 Å². The molecule has 4 heteroatoms. The number of benzene rings is 1. The summed E-state index contributed by atoms with van der Waals surface area (Å²) in [4.78, 5) is 0. The number of nitrogens with one attached hydrogen (secondary N) is 1. The van der Waals surface area contributed by atoms with E-state index in [-0.39, 0.29) is 5.60 Å². The molecule has 1 aromatic rings. The first-order chi connectivity index (χ1) is 8.50. The van der Waals surface area contributed by atoms with Crippen LogP contribution >= 0.6 is 15.9 Å². The quantitative estimate of drug-likeness (QED) is 0.916. The Bertz CT molecular complexity index is 420. The number of halogens is 1. The minimum Gasteiger partial charge on any atom is -0.495 e. The van der Waals surface area contributed by atoms with Gasteiger partial charge in [0.25, 0.3) is 0 Å². The highest BCUT2D eigenvalue weighted by atomic mass is 79.9. The van der Waals surface area contributed by atoms with Gasteiger partial charge in [-0.15, -0.1) is 0 Å². The van der Waals surface area contributed by atoms with Crippen LogP contribution in [0.5, 0.6) is 5.75 Å². The van der Waals surface area contributed by atoms with Crippen LogP contribution in [0.3, 0.4) is 0 Å². The van der Waals surface area contributed by atoms with E-state index < -0.39 is 0 Å². The van der Waals surface area contributed by atoms with E-state index in [1.54, 1.807) is 7.11 Å². The highest BCUT2D eigenvalue weighted by Crippen LogP contribution is 2.31. The molecular weight excluding hydrogens is 294 g/mol. The van der Waals surface area contributed by atoms with Crippen LogP contribution in [0.15, 0.2) is 22.7 Å². The van der Waals surface area contributed by atoms with Gasteiger partial charge in [-0.1, -0.05) is 0 Å². The first-order valence-electron chi connectivity index (χ1n) is 6.25. The van der Waals surface area contributed by atoms with E-state index in [1.165, 1.54) is 0 Å². The smallest absolute Gasteiger partial charge is 0.135 e.